The van der Waals surface area contributed by atoms with Crippen LogP contribution in [-0.2, 0) is 33.2 Å². The smallest absolute Gasteiger partial charge is 0.338 e. The number of pyridine rings is 1. The first-order valence-electron chi connectivity index (χ1n) is 21.9. The summed E-state index contributed by atoms with van der Waals surface area (Å²) >= 11 is 0. The minimum atomic E-state index is -1.63. The van der Waals surface area contributed by atoms with E-state index in [0.29, 0.717) is 34.9 Å². The summed E-state index contributed by atoms with van der Waals surface area (Å²) < 4.78 is 38.0. The van der Waals surface area contributed by atoms with Gasteiger partial charge in [-0.3, -0.25) is 9.78 Å². The fourth-order valence-electron chi connectivity index (χ4n) is 9.63. The van der Waals surface area contributed by atoms with E-state index in [1.165, 1.54) is 0 Å². The van der Waals surface area contributed by atoms with Gasteiger partial charge in [-0.05, 0) is 105 Å². The first-order chi connectivity index (χ1) is 29.3. The number of hydrogen-bond donors (Lipinski definition) is 2. The lowest BCUT2D eigenvalue weighted by atomic mass is 9.74. The van der Waals surface area contributed by atoms with Crippen LogP contribution in [0.1, 0.15) is 102 Å². The number of allylic oxidation sites excluding steroid dienone is 1. The van der Waals surface area contributed by atoms with E-state index in [9.17, 15) is 24.6 Å². The summed E-state index contributed by atoms with van der Waals surface area (Å²) in [6.07, 6.45) is -0.348. The van der Waals surface area contributed by atoms with Crippen molar-refractivity contribution in [3.8, 4) is 0 Å². The van der Waals surface area contributed by atoms with Gasteiger partial charge in [-0.25, -0.2) is 9.59 Å². The van der Waals surface area contributed by atoms with E-state index >= 15 is 0 Å². The van der Waals surface area contributed by atoms with E-state index in [4.69, 9.17) is 28.4 Å². The maximum atomic E-state index is 14.5. The number of para-hydroxylation sites is 1. The number of carbonyl (C=O) groups excluding carboxylic acids is 3. The number of aliphatic hydroxyl groups is 2. The number of likely N-dealkylation sites (N-methyl/N-ethyl adjacent to an activating group) is 1. The molecule has 13 heteroatoms. The molecule has 5 rings (SSSR count). The highest BCUT2D eigenvalue weighted by Crippen LogP contribution is 2.41. The molecule has 3 heterocycles. The predicted octanol–water partition coefficient (Wildman–Crippen LogP) is 7.17. The number of esters is 3. The topological polar surface area (TPSA) is 163 Å². The number of benzene rings is 2. The van der Waals surface area contributed by atoms with Gasteiger partial charge < -0.3 is 43.5 Å². The zero-order valence-electron chi connectivity index (χ0n) is 38.3. The van der Waals surface area contributed by atoms with Gasteiger partial charge in [0.25, 0.3) is 0 Å². The van der Waals surface area contributed by atoms with E-state index in [1.54, 1.807) is 63.6 Å². The van der Waals surface area contributed by atoms with Crippen LogP contribution >= 0.6 is 0 Å². The highest BCUT2D eigenvalue weighted by atomic mass is 16.7. The minimum absolute atomic E-state index is 0.0343. The zero-order valence-corrected chi connectivity index (χ0v) is 38.3. The lowest BCUT2D eigenvalue weighted by Gasteiger charge is -2.48. The Morgan fingerprint density at radius 1 is 0.984 bits per heavy atom. The number of aliphatic hydroxyl groups excluding tert-OH is 1. The third-order valence-electron chi connectivity index (χ3n) is 13.1. The average Bonchev–Trinajstić information content (AvgIpc) is 3.24. The fourth-order valence-corrected chi connectivity index (χ4v) is 9.63. The molecule has 2 aliphatic heterocycles. The van der Waals surface area contributed by atoms with Crippen molar-refractivity contribution in [2.24, 2.45) is 23.7 Å². The normalized spacial score (nSPS) is 34.7. The second-order valence-electron chi connectivity index (χ2n) is 18.0. The van der Waals surface area contributed by atoms with E-state index in [2.05, 4.69) is 11.1 Å². The largest absolute Gasteiger partial charge is 0.462 e. The molecule has 13 atom stereocenters. The van der Waals surface area contributed by atoms with Crippen LogP contribution in [0.5, 0.6) is 0 Å². The van der Waals surface area contributed by atoms with Crippen molar-refractivity contribution in [3.63, 3.8) is 0 Å². The molecule has 2 aromatic carbocycles. The first kappa shape index (κ1) is 48.8. The van der Waals surface area contributed by atoms with Crippen LogP contribution in [0.15, 0.2) is 78.5 Å². The number of methoxy groups -OCH3 is 1. The molecule has 340 valence electrons. The van der Waals surface area contributed by atoms with Crippen LogP contribution < -0.4 is 0 Å². The van der Waals surface area contributed by atoms with Crippen molar-refractivity contribution in [1.29, 1.82) is 0 Å². The third kappa shape index (κ3) is 11.1. The maximum Gasteiger partial charge on any atom is 0.338 e. The average molecular weight is 861 g/mol. The number of cyclic esters (lactones) is 1. The van der Waals surface area contributed by atoms with E-state index in [-0.39, 0.29) is 37.5 Å². The zero-order chi connectivity index (χ0) is 45.5. The number of fused-ring (bicyclic) bond motifs is 1. The maximum absolute atomic E-state index is 14.5. The standard InChI is InChI=1S/C49H68N2O11/c1-12-40-49(8,56)37(23-25-58-46(55)36-22-24-50-38-21-17-16-20-35(36)38)30(3)26-29(2)28-48(7,57-11)43(62-47-41(52)39(51(9)10)27-31(4)59-47)32(5)42(33(6)44(53)60-40)61-45(54)34-18-14-13-15-19-34/h13-22,24,26,29,31-33,37,39-43,47,52,56H,12,23,25,27-28H2,1-11H3/b30-26-/t29-,31+,32+,33+,37-,39-,40+,41+,42+,43+,47-,48+,49-/m0/s1. The molecule has 2 N–H and O–H groups in total. The highest BCUT2D eigenvalue weighted by molar-refractivity contribution is 6.03. The second kappa shape index (κ2) is 21.0. The monoisotopic (exact) mass is 860 g/mol. The predicted molar refractivity (Wildman–Crippen MR) is 235 cm³/mol. The van der Waals surface area contributed by atoms with Gasteiger partial charge in [-0.1, -0.05) is 68.8 Å². The van der Waals surface area contributed by atoms with Crippen molar-refractivity contribution in [2.75, 3.05) is 27.8 Å². The Morgan fingerprint density at radius 2 is 1.66 bits per heavy atom. The molecule has 0 saturated carbocycles. The van der Waals surface area contributed by atoms with Crippen molar-refractivity contribution in [3.05, 3.63) is 89.6 Å². The van der Waals surface area contributed by atoms with Gasteiger partial charge in [0.15, 0.2) is 6.29 Å². The lowest BCUT2D eigenvalue weighted by molar-refractivity contribution is -0.301. The Kier molecular flexibility index (Phi) is 16.5. The number of rotatable bonds is 11. The quantitative estimate of drug-likeness (QED) is 0.114. The minimum Gasteiger partial charge on any atom is -0.462 e. The third-order valence-corrected chi connectivity index (χ3v) is 13.1. The number of carbonyl (C=O) groups is 3. The summed E-state index contributed by atoms with van der Waals surface area (Å²) in [6, 6.07) is 17.2. The molecule has 62 heavy (non-hydrogen) atoms. The SMILES string of the molecule is CC[C@H]1OC(=O)[C@H](C)[C@H](OC(=O)c2ccccc2)[C@@H](C)[C@@H](O[C@@H]2O[C@H](C)C[C@H](N(C)C)[C@H]2O)[C@](C)(OC)C[C@@H](C)/C=C(/C)[C@H](CCOC(=O)c2ccnc3ccccc23)[C@]1(C)O. The number of nitrogens with zero attached hydrogens (tertiary/aromatic N) is 2. The molecular weight excluding hydrogens is 793 g/mol. The van der Waals surface area contributed by atoms with Crippen molar-refractivity contribution in [1.82, 2.24) is 9.88 Å². The molecule has 3 aromatic rings. The fraction of sp³-hybridized carbons (Fsp3) is 0.592. The lowest BCUT2D eigenvalue weighted by Crippen LogP contribution is -2.60. The Labute approximate surface area is 367 Å². The molecule has 0 amide bonds. The van der Waals surface area contributed by atoms with E-state index in [0.717, 1.165) is 5.57 Å². The van der Waals surface area contributed by atoms with Gasteiger partial charge in [0.05, 0.1) is 47.0 Å². The molecule has 0 unspecified atom stereocenters. The van der Waals surface area contributed by atoms with Gasteiger partial charge in [-0.15, -0.1) is 0 Å². The van der Waals surface area contributed by atoms with E-state index < -0.39 is 77.6 Å². The first-order valence-corrected chi connectivity index (χ1v) is 21.9. The molecule has 13 nitrogen and oxygen atoms in total. The molecule has 1 aromatic heterocycles. The Hall–Kier alpha value is -4.24. The number of ether oxygens (including phenoxy) is 6. The number of aromatic nitrogens is 1. The van der Waals surface area contributed by atoms with Crippen molar-refractivity contribution >= 4 is 28.8 Å². The van der Waals surface area contributed by atoms with Crippen molar-refractivity contribution in [2.45, 2.75) is 135 Å². The van der Waals surface area contributed by atoms with Crippen LogP contribution in [-0.4, -0.2) is 120 Å². The Balaban J connectivity index is 1.56. The van der Waals surface area contributed by atoms with Crippen molar-refractivity contribution < 1.29 is 53.0 Å². The second-order valence-corrected chi connectivity index (χ2v) is 18.0. The summed E-state index contributed by atoms with van der Waals surface area (Å²) in [6.45, 7) is 14.7. The molecule has 0 spiro atoms. The molecule has 2 aliphatic rings. The Bertz CT molecular complexity index is 2000. The molecule has 0 radical (unpaired) electrons. The van der Waals surface area contributed by atoms with Crippen LogP contribution in [0.25, 0.3) is 10.9 Å². The number of hydrogen-bond acceptors (Lipinski definition) is 13. The van der Waals surface area contributed by atoms with E-state index in [1.807, 2.05) is 84.8 Å². The summed E-state index contributed by atoms with van der Waals surface area (Å²) in [7, 11) is 5.38. The summed E-state index contributed by atoms with van der Waals surface area (Å²) in [5.74, 6) is -4.47. The van der Waals surface area contributed by atoms with Gasteiger partial charge in [-0.2, -0.15) is 0 Å². The Morgan fingerprint density at radius 3 is 2.32 bits per heavy atom. The molecular formula is C49H68N2O11. The summed E-state index contributed by atoms with van der Waals surface area (Å²) in [5.41, 5.74) is -0.595. The van der Waals surface area contributed by atoms with Gasteiger partial charge >= 0.3 is 17.9 Å². The molecule has 0 bridgehead atoms. The summed E-state index contributed by atoms with van der Waals surface area (Å²) in [4.78, 5) is 48.2. The molecule has 1 fully saturated rings. The van der Waals surface area contributed by atoms with Crippen LogP contribution in [0.4, 0.5) is 0 Å². The molecule has 1 saturated heterocycles. The summed E-state index contributed by atoms with van der Waals surface area (Å²) in [5, 5.41) is 24.9. The van der Waals surface area contributed by atoms with Crippen LogP contribution in [0, 0.1) is 23.7 Å². The van der Waals surface area contributed by atoms with Crippen LogP contribution in [0.2, 0.25) is 0 Å². The van der Waals surface area contributed by atoms with Crippen LogP contribution in [0.3, 0.4) is 0 Å². The van der Waals surface area contributed by atoms with Gasteiger partial charge in [0.2, 0.25) is 0 Å². The highest BCUT2D eigenvalue weighted by Gasteiger charge is 2.51. The molecule has 0 aliphatic carbocycles. The van der Waals surface area contributed by atoms with Gasteiger partial charge in [0, 0.05) is 36.6 Å². The van der Waals surface area contributed by atoms with Gasteiger partial charge in [0.1, 0.15) is 23.9 Å².